The molecule has 4 saturated carbocycles. The third kappa shape index (κ3) is 6.21. The highest BCUT2D eigenvalue weighted by atomic mass is 16.6. The van der Waals surface area contributed by atoms with Crippen molar-refractivity contribution in [1.29, 1.82) is 0 Å². The molecule has 5 fully saturated rings. The fourth-order valence-electron chi connectivity index (χ4n) is 11.9. The van der Waals surface area contributed by atoms with Gasteiger partial charge in [0.15, 0.2) is 29.2 Å². The van der Waals surface area contributed by atoms with E-state index in [2.05, 4.69) is 5.32 Å². The van der Waals surface area contributed by atoms with E-state index < -0.39 is 118 Å². The van der Waals surface area contributed by atoms with E-state index in [0.717, 1.165) is 6.92 Å². The van der Waals surface area contributed by atoms with Gasteiger partial charge in [-0.05, 0) is 54.8 Å². The Bertz CT molecular complexity index is 2390. The molecule has 1 amide bonds. The van der Waals surface area contributed by atoms with Crippen LogP contribution in [0.5, 0.6) is 0 Å². The van der Waals surface area contributed by atoms with Gasteiger partial charge in [0.25, 0.3) is 5.91 Å². The fourth-order valence-corrected chi connectivity index (χ4v) is 11.9. The van der Waals surface area contributed by atoms with Crippen LogP contribution in [-0.4, -0.2) is 105 Å². The van der Waals surface area contributed by atoms with Crippen LogP contribution in [0.3, 0.4) is 0 Å². The Morgan fingerprint density at radius 3 is 1.98 bits per heavy atom. The predicted molar refractivity (Wildman–Crippen MR) is 220 cm³/mol. The summed E-state index contributed by atoms with van der Waals surface area (Å²) in [7, 11) is 0. The number of hydrogen-bond donors (Lipinski definition) is 4. The van der Waals surface area contributed by atoms with E-state index in [4.69, 9.17) is 23.7 Å². The van der Waals surface area contributed by atoms with Crippen molar-refractivity contribution < 1.29 is 67.8 Å². The Morgan fingerprint density at radius 2 is 1.43 bits per heavy atom. The molecule has 0 radical (unpaired) electrons. The predicted octanol–water partition coefficient (Wildman–Crippen LogP) is 3.74. The molecule has 0 aromatic heterocycles. The van der Waals surface area contributed by atoms with Crippen LogP contribution in [0.4, 0.5) is 0 Å². The van der Waals surface area contributed by atoms with Gasteiger partial charge in [0, 0.05) is 43.6 Å². The number of aliphatic hydroxyl groups excluding tert-OH is 2. The highest BCUT2D eigenvalue weighted by Crippen LogP contribution is 2.79. The second kappa shape index (κ2) is 15.5. The summed E-state index contributed by atoms with van der Waals surface area (Å²) in [5.74, 6) is -7.72. The van der Waals surface area contributed by atoms with Crippen molar-refractivity contribution in [3.05, 3.63) is 119 Å². The fraction of sp³-hybridized carbons (Fsp3) is 0.458. The Hall–Kier alpha value is -5.74. The normalized spacial score (nSPS) is 35.9. The van der Waals surface area contributed by atoms with Crippen LogP contribution in [0.25, 0.3) is 0 Å². The minimum atomic E-state index is -2.34. The third-order valence-corrected chi connectivity index (χ3v) is 14.9. The number of ether oxygens (including phenoxy) is 5. The second-order valence-corrected chi connectivity index (χ2v) is 17.9. The maximum Gasteiger partial charge on any atom is 0.338 e. The number of benzene rings is 3. The SMILES string of the molecule is CC(=O)O[C@H]1C(=O)[C@@]2(C)[C@@H]([C@]3(OC(C)=O)CO[C@@H]3C[C@@H]2O)[C@]2(OC(=O)c3ccccc3)[C@@H](C)[C@@]3(C)C1=C(C)[C@@H](OC(=O)[C@H](O)[C@@H](NC(=O)c1ccccc1)c1ccccc1)C[C@@]23O. The van der Waals surface area contributed by atoms with Gasteiger partial charge in [0.1, 0.15) is 17.8 Å². The number of nitrogens with one attached hydrogen (secondary N) is 1. The molecule has 6 aliphatic rings. The van der Waals surface area contributed by atoms with Crippen molar-refractivity contribution in [3.8, 4) is 0 Å². The summed E-state index contributed by atoms with van der Waals surface area (Å²) in [4.78, 5) is 84.2. The molecule has 3 aromatic carbocycles. The van der Waals surface area contributed by atoms with E-state index >= 15 is 4.79 Å². The molecular formula is C48H51NO14. The third-order valence-electron chi connectivity index (χ3n) is 14.9. The number of carbonyl (C=O) groups is 6. The Morgan fingerprint density at radius 1 is 0.841 bits per heavy atom. The average molecular weight is 866 g/mol. The van der Waals surface area contributed by atoms with E-state index in [1.165, 1.54) is 26.0 Å². The van der Waals surface area contributed by atoms with Crippen LogP contribution in [0, 0.1) is 22.7 Å². The summed E-state index contributed by atoms with van der Waals surface area (Å²) >= 11 is 0. The lowest BCUT2D eigenvalue weighted by atomic mass is 9.28. The number of carbonyl (C=O) groups excluding carboxylic acids is 6. The summed E-state index contributed by atoms with van der Waals surface area (Å²) in [6, 6.07) is 23.1. The molecular weight excluding hydrogens is 815 g/mol. The minimum Gasteiger partial charge on any atom is -0.456 e. The number of aliphatic hydroxyl groups is 3. The molecule has 4 bridgehead atoms. The zero-order valence-corrected chi connectivity index (χ0v) is 35.7. The van der Waals surface area contributed by atoms with Gasteiger partial charge in [-0.25, -0.2) is 9.59 Å². The smallest absolute Gasteiger partial charge is 0.338 e. The van der Waals surface area contributed by atoms with E-state index in [1.54, 1.807) is 99.6 Å². The summed E-state index contributed by atoms with van der Waals surface area (Å²) in [6.07, 6.45) is -8.61. The van der Waals surface area contributed by atoms with E-state index in [9.17, 15) is 39.3 Å². The molecule has 4 N–H and O–H groups in total. The van der Waals surface area contributed by atoms with Gasteiger partial charge in [-0.2, -0.15) is 0 Å². The lowest BCUT2D eigenvalue weighted by Gasteiger charge is -2.80. The molecule has 1 heterocycles. The minimum absolute atomic E-state index is 0.0556. The first-order valence-corrected chi connectivity index (χ1v) is 21.0. The Kier molecular flexibility index (Phi) is 10.8. The molecule has 9 rings (SSSR count). The van der Waals surface area contributed by atoms with Crippen LogP contribution in [0.2, 0.25) is 0 Å². The van der Waals surface area contributed by atoms with Gasteiger partial charge in [-0.3, -0.25) is 19.2 Å². The van der Waals surface area contributed by atoms with Crippen molar-refractivity contribution >= 4 is 35.6 Å². The number of fused-ring (bicyclic) bond motifs is 2. The Balaban J connectivity index is 1.30. The van der Waals surface area contributed by atoms with Crippen LogP contribution >= 0.6 is 0 Å². The van der Waals surface area contributed by atoms with Crippen LogP contribution in [0.1, 0.15) is 86.7 Å². The summed E-state index contributed by atoms with van der Waals surface area (Å²) in [5.41, 5.74) is -8.99. The molecule has 5 aliphatic carbocycles. The van der Waals surface area contributed by atoms with Crippen LogP contribution < -0.4 is 5.32 Å². The van der Waals surface area contributed by atoms with Gasteiger partial charge >= 0.3 is 23.9 Å². The first kappa shape index (κ1) is 43.9. The van der Waals surface area contributed by atoms with E-state index in [-0.39, 0.29) is 35.3 Å². The van der Waals surface area contributed by atoms with Gasteiger partial charge in [-0.1, -0.05) is 80.6 Å². The first-order valence-electron chi connectivity index (χ1n) is 21.0. The molecule has 1 aliphatic heterocycles. The van der Waals surface area contributed by atoms with E-state index in [0.29, 0.717) is 5.56 Å². The van der Waals surface area contributed by atoms with Crippen molar-refractivity contribution in [2.24, 2.45) is 22.7 Å². The quantitative estimate of drug-likeness (QED) is 0.130. The van der Waals surface area contributed by atoms with Gasteiger partial charge in [0.05, 0.1) is 35.6 Å². The molecule has 0 spiro atoms. The lowest BCUT2D eigenvalue weighted by Crippen LogP contribution is -2.94. The molecule has 15 nitrogen and oxygen atoms in total. The molecule has 332 valence electrons. The van der Waals surface area contributed by atoms with Crippen LogP contribution in [0.15, 0.2) is 102 Å². The van der Waals surface area contributed by atoms with Gasteiger partial charge in [-0.15, -0.1) is 0 Å². The number of amides is 1. The van der Waals surface area contributed by atoms with Crippen molar-refractivity contribution in [1.82, 2.24) is 5.32 Å². The summed E-state index contributed by atoms with van der Waals surface area (Å²) in [5, 5.41) is 40.7. The van der Waals surface area contributed by atoms with Crippen LogP contribution in [-0.2, 0) is 42.9 Å². The van der Waals surface area contributed by atoms with Gasteiger partial charge in [0.2, 0.25) is 0 Å². The van der Waals surface area contributed by atoms with Crippen molar-refractivity contribution in [2.45, 2.75) is 108 Å². The number of ketones is 1. The zero-order chi connectivity index (χ0) is 45.4. The molecule has 3 aromatic rings. The summed E-state index contributed by atoms with van der Waals surface area (Å²) in [6.45, 7) is 8.29. The molecule has 15 heteroatoms. The van der Waals surface area contributed by atoms with Gasteiger partial charge < -0.3 is 44.3 Å². The second-order valence-electron chi connectivity index (χ2n) is 17.9. The van der Waals surface area contributed by atoms with Crippen molar-refractivity contribution in [3.63, 3.8) is 0 Å². The van der Waals surface area contributed by atoms with Crippen molar-refractivity contribution in [2.75, 3.05) is 6.61 Å². The standard InChI is InChI=1S/C48H51NO14/c1-25-32(61-42(57)37(53)36(29-16-10-7-11-17-29)49-40(55)30-18-12-8-13-19-30)23-47(58)45(6)26(2)48(47,63-41(56)31-20-14-9-15-21-31)43-44(5,39(54)38(35(25)45)60-27(3)50)33(52)22-34-46(43,24-59-34)62-28(4)51/h7-21,26,32-34,36-38,43,52-53,58H,22-24H2,1-6H3,(H,49,55)/t26-,32-,33-,34+,36-,37+,38+,43-,44-,45-,46-,47-,48+/m0/s1. The number of hydrogen-bond acceptors (Lipinski definition) is 14. The summed E-state index contributed by atoms with van der Waals surface area (Å²) < 4.78 is 30.9. The Labute approximate surface area is 363 Å². The number of Topliss-reactive ketones (excluding diaryl/α,β-unsaturated/α-hetero) is 1. The molecule has 63 heavy (non-hydrogen) atoms. The zero-order valence-electron chi connectivity index (χ0n) is 35.7. The maximum absolute atomic E-state index is 15.6. The number of esters is 4. The number of rotatable bonds is 10. The molecule has 13 atom stereocenters. The average Bonchev–Trinajstić information content (AvgIpc) is 3.26. The monoisotopic (exact) mass is 865 g/mol. The maximum atomic E-state index is 15.6. The first-order chi connectivity index (χ1) is 29.8. The molecule has 1 saturated heterocycles. The highest BCUT2D eigenvalue weighted by Gasteiger charge is 2.92. The lowest BCUT2D eigenvalue weighted by molar-refractivity contribution is -0.423. The van der Waals surface area contributed by atoms with E-state index in [1.807, 2.05) is 0 Å². The topological polar surface area (TPSA) is 221 Å². The highest BCUT2D eigenvalue weighted by molar-refractivity contribution is 5.97. The molecule has 0 unspecified atom stereocenters. The largest absolute Gasteiger partial charge is 0.456 e.